The summed E-state index contributed by atoms with van der Waals surface area (Å²) in [6.07, 6.45) is 0. The highest BCUT2D eigenvalue weighted by atomic mass is 127. The zero-order chi connectivity index (χ0) is 8.43. The van der Waals surface area contributed by atoms with Crippen LogP contribution < -0.4 is 5.73 Å². The number of hydrogen-bond acceptors (Lipinski definition) is 2. The molecule has 0 saturated carbocycles. The summed E-state index contributed by atoms with van der Waals surface area (Å²) in [5.41, 5.74) is 7.12. The van der Waals surface area contributed by atoms with Gasteiger partial charge in [0.1, 0.15) is 0 Å². The van der Waals surface area contributed by atoms with Crippen molar-refractivity contribution in [1.82, 2.24) is 0 Å². The lowest BCUT2D eigenvalue weighted by atomic mass is 10.1. The summed E-state index contributed by atoms with van der Waals surface area (Å²) in [5, 5.41) is 8.65. The fraction of sp³-hybridized carbons (Fsp3) is 0.143. The molecule has 0 fully saturated rings. The van der Waals surface area contributed by atoms with Gasteiger partial charge in [-0.25, -0.2) is 4.79 Å². The summed E-state index contributed by atoms with van der Waals surface area (Å²) >= 11 is -0.232. The second kappa shape index (κ2) is 3.17. The SMILES string of the molecule is CC1=CI=CC(C(=O)O)=C1N. The van der Waals surface area contributed by atoms with E-state index in [0.717, 1.165) is 5.57 Å². The molecule has 11 heavy (non-hydrogen) atoms. The summed E-state index contributed by atoms with van der Waals surface area (Å²) in [5.74, 6) is -0.922. The molecule has 0 aromatic carbocycles. The maximum absolute atomic E-state index is 10.5. The minimum absolute atomic E-state index is 0.232. The van der Waals surface area contributed by atoms with E-state index in [-0.39, 0.29) is 26.3 Å². The van der Waals surface area contributed by atoms with Crippen LogP contribution in [0.2, 0.25) is 0 Å². The Morgan fingerprint density at radius 3 is 2.82 bits per heavy atom. The number of carbonyl (C=O) groups is 1. The third kappa shape index (κ3) is 1.68. The van der Waals surface area contributed by atoms with Crippen LogP contribution in [0.15, 0.2) is 20.9 Å². The molecule has 3 nitrogen and oxygen atoms in total. The highest BCUT2D eigenvalue weighted by Crippen LogP contribution is 2.19. The van der Waals surface area contributed by atoms with Gasteiger partial charge in [0.25, 0.3) is 0 Å². The summed E-state index contributed by atoms with van der Waals surface area (Å²) in [7, 11) is 0. The molecule has 1 aliphatic rings. The van der Waals surface area contributed by atoms with E-state index < -0.39 is 5.97 Å². The molecule has 1 rings (SSSR count). The third-order valence-electron chi connectivity index (χ3n) is 1.34. The number of halogens is 1. The second-order valence-corrected chi connectivity index (χ2v) is 4.12. The number of allylic oxidation sites excluding steroid dienone is 1. The second-order valence-electron chi connectivity index (χ2n) is 2.16. The molecule has 1 heterocycles. The van der Waals surface area contributed by atoms with E-state index in [2.05, 4.69) is 0 Å². The van der Waals surface area contributed by atoms with Gasteiger partial charge in [-0.05, 0) is 20.6 Å². The van der Waals surface area contributed by atoms with Crippen LogP contribution in [0.25, 0.3) is 0 Å². The Kier molecular flexibility index (Phi) is 2.43. The van der Waals surface area contributed by atoms with Crippen LogP contribution in [-0.2, 0) is 4.79 Å². The van der Waals surface area contributed by atoms with E-state index in [1.807, 2.05) is 11.0 Å². The van der Waals surface area contributed by atoms with Crippen LogP contribution in [0.4, 0.5) is 0 Å². The molecule has 0 amide bonds. The Bertz CT molecular complexity index is 289. The van der Waals surface area contributed by atoms with Crippen molar-refractivity contribution in [2.75, 3.05) is 0 Å². The summed E-state index contributed by atoms with van der Waals surface area (Å²) in [6.45, 7) is 1.84. The average Bonchev–Trinajstić information content (AvgIpc) is 1.94. The minimum atomic E-state index is -0.922. The van der Waals surface area contributed by atoms with Crippen LogP contribution >= 0.6 is 20.7 Å². The lowest BCUT2D eigenvalue weighted by Gasteiger charge is -2.06. The fourth-order valence-electron chi connectivity index (χ4n) is 0.681. The molecule has 1 aliphatic heterocycles. The van der Waals surface area contributed by atoms with Crippen molar-refractivity contribution < 1.29 is 9.90 Å². The molecule has 0 bridgehead atoms. The van der Waals surface area contributed by atoms with E-state index in [1.54, 1.807) is 4.01 Å². The van der Waals surface area contributed by atoms with Crippen molar-refractivity contribution in [2.24, 2.45) is 5.73 Å². The van der Waals surface area contributed by atoms with Gasteiger partial charge in [0.05, 0.1) is 5.57 Å². The van der Waals surface area contributed by atoms with Crippen LogP contribution in [0.5, 0.6) is 0 Å². The topological polar surface area (TPSA) is 63.3 Å². The maximum Gasteiger partial charge on any atom is 0.338 e. The zero-order valence-electron chi connectivity index (χ0n) is 5.97. The van der Waals surface area contributed by atoms with Crippen LogP contribution in [0.1, 0.15) is 6.92 Å². The van der Waals surface area contributed by atoms with E-state index in [9.17, 15) is 4.79 Å². The van der Waals surface area contributed by atoms with E-state index in [4.69, 9.17) is 10.8 Å². The van der Waals surface area contributed by atoms with Gasteiger partial charge in [0, 0.05) is 5.70 Å². The number of carboxylic acids is 1. The number of aliphatic carboxylic acids is 1. The largest absolute Gasteiger partial charge is 0.478 e. The first-order chi connectivity index (χ1) is 5.13. The van der Waals surface area contributed by atoms with E-state index in [1.165, 1.54) is 0 Å². The number of carboxylic acid groups (broad SMARTS) is 1. The summed E-state index contributed by atoms with van der Waals surface area (Å²) in [6, 6.07) is 0. The average molecular weight is 265 g/mol. The van der Waals surface area contributed by atoms with Gasteiger partial charge in [-0.1, -0.05) is 20.7 Å². The normalized spacial score (nSPS) is 17.4. The smallest absolute Gasteiger partial charge is 0.338 e. The van der Waals surface area contributed by atoms with E-state index >= 15 is 0 Å². The minimum Gasteiger partial charge on any atom is -0.478 e. The monoisotopic (exact) mass is 265 g/mol. The van der Waals surface area contributed by atoms with E-state index in [0.29, 0.717) is 5.70 Å². The quantitative estimate of drug-likeness (QED) is 0.694. The Morgan fingerprint density at radius 1 is 1.73 bits per heavy atom. The Hall–Kier alpha value is -0.650. The lowest BCUT2D eigenvalue weighted by molar-refractivity contribution is -0.132. The van der Waals surface area contributed by atoms with Gasteiger partial charge in [-0.3, -0.25) is 0 Å². The number of rotatable bonds is 1. The van der Waals surface area contributed by atoms with Crippen LogP contribution in [-0.4, -0.2) is 15.1 Å². The third-order valence-corrected chi connectivity index (χ3v) is 3.62. The molecule has 0 aromatic heterocycles. The molecule has 4 heteroatoms. The molecular weight excluding hydrogens is 257 g/mol. The molecule has 0 atom stereocenters. The van der Waals surface area contributed by atoms with Crippen molar-refractivity contribution in [3.63, 3.8) is 0 Å². The molecule has 3 N–H and O–H groups in total. The first-order valence-electron chi connectivity index (χ1n) is 2.98. The maximum atomic E-state index is 10.5. The van der Waals surface area contributed by atoms with Crippen molar-refractivity contribution >= 4 is 30.7 Å². The summed E-state index contributed by atoms with van der Waals surface area (Å²) < 4.78 is 3.74. The molecule has 0 spiro atoms. The molecule has 0 saturated heterocycles. The molecule has 0 aromatic rings. The predicted octanol–water partition coefficient (Wildman–Crippen LogP) is 0.974. The zero-order valence-corrected chi connectivity index (χ0v) is 8.12. The molecule has 60 valence electrons. The highest BCUT2D eigenvalue weighted by molar-refractivity contribution is 14.2. The summed E-state index contributed by atoms with van der Waals surface area (Å²) in [4.78, 5) is 10.5. The number of nitrogens with two attached hydrogens (primary N) is 1. The lowest BCUT2D eigenvalue weighted by Crippen LogP contribution is -2.13. The predicted molar refractivity (Wildman–Crippen MR) is 52.7 cm³/mol. The first-order valence-corrected chi connectivity index (χ1v) is 5.47. The standard InChI is InChI=1S/C7H8INO2/c1-4-2-8-3-5(6(4)9)7(10)11/h2-3H,9H2,1H3,(H,10,11). The number of hydrogen-bond donors (Lipinski definition) is 2. The van der Waals surface area contributed by atoms with Gasteiger partial charge >= 0.3 is 5.97 Å². The molecule has 0 radical (unpaired) electrons. The first kappa shape index (κ1) is 8.45. The van der Waals surface area contributed by atoms with Crippen molar-refractivity contribution in [1.29, 1.82) is 0 Å². The van der Waals surface area contributed by atoms with Gasteiger partial charge < -0.3 is 10.8 Å². The van der Waals surface area contributed by atoms with Crippen LogP contribution in [0.3, 0.4) is 0 Å². The highest BCUT2D eigenvalue weighted by Gasteiger charge is 2.12. The Balaban J connectivity index is 3.14. The van der Waals surface area contributed by atoms with Crippen LogP contribution in [0, 0.1) is 0 Å². The van der Waals surface area contributed by atoms with Gasteiger partial charge in [0.2, 0.25) is 0 Å². The molecule has 0 unspecified atom stereocenters. The van der Waals surface area contributed by atoms with Crippen molar-refractivity contribution in [3.05, 3.63) is 20.9 Å². The van der Waals surface area contributed by atoms with Crippen molar-refractivity contribution in [2.45, 2.75) is 6.92 Å². The van der Waals surface area contributed by atoms with Gasteiger partial charge in [-0.2, -0.15) is 0 Å². The van der Waals surface area contributed by atoms with Crippen molar-refractivity contribution in [3.8, 4) is 0 Å². The Labute approximate surface area is 74.3 Å². The molecule has 0 aliphatic carbocycles. The Morgan fingerprint density at radius 2 is 2.36 bits per heavy atom. The van der Waals surface area contributed by atoms with Gasteiger partial charge in [-0.15, -0.1) is 0 Å². The fourth-order valence-corrected chi connectivity index (χ4v) is 2.70. The van der Waals surface area contributed by atoms with Gasteiger partial charge in [0.15, 0.2) is 0 Å². The molecular formula is C7H8INO2.